The molecule has 2 rings (SSSR count). The van der Waals surface area contributed by atoms with Crippen LogP contribution in [-0.2, 0) is 13.0 Å². The quantitative estimate of drug-likeness (QED) is 0.857. The largest absolute Gasteiger partial charge is 0.312 e. The number of nitrogens with one attached hydrogen (secondary N) is 1. The van der Waals surface area contributed by atoms with Gasteiger partial charge in [-0.1, -0.05) is 22.0 Å². The van der Waals surface area contributed by atoms with E-state index in [0.717, 1.165) is 23.1 Å². The summed E-state index contributed by atoms with van der Waals surface area (Å²) in [5, 5.41) is 3.22. The van der Waals surface area contributed by atoms with Crippen molar-refractivity contribution < 1.29 is 4.39 Å². The monoisotopic (exact) mass is 308 g/mol. The smallest absolute Gasteiger partial charge is 0.127 e. The van der Waals surface area contributed by atoms with E-state index in [1.807, 2.05) is 18.2 Å². The molecule has 94 valence electrons. The number of hydrogen-bond donors (Lipinski definition) is 1. The van der Waals surface area contributed by atoms with Crippen LogP contribution in [0.1, 0.15) is 11.3 Å². The number of pyridine rings is 1. The lowest BCUT2D eigenvalue weighted by Gasteiger charge is -2.06. The Hall–Kier alpha value is -1.26. The van der Waals surface area contributed by atoms with Gasteiger partial charge in [-0.15, -0.1) is 0 Å². The number of nitrogens with zero attached hydrogens (tertiary/aromatic N) is 1. The van der Waals surface area contributed by atoms with Crippen LogP contribution in [-0.4, -0.2) is 11.5 Å². The molecule has 0 saturated carbocycles. The van der Waals surface area contributed by atoms with E-state index in [2.05, 4.69) is 26.2 Å². The van der Waals surface area contributed by atoms with E-state index in [9.17, 15) is 4.39 Å². The zero-order valence-electron chi connectivity index (χ0n) is 9.87. The zero-order valence-corrected chi connectivity index (χ0v) is 11.5. The number of rotatable bonds is 5. The minimum atomic E-state index is -0.177. The zero-order chi connectivity index (χ0) is 12.8. The summed E-state index contributed by atoms with van der Waals surface area (Å²) in [4.78, 5) is 4.23. The maximum absolute atomic E-state index is 13.4. The summed E-state index contributed by atoms with van der Waals surface area (Å²) in [6.07, 6.45) is 2.62. The second-order valence-electron chi connectivity index (χ2n) is 3.98. The second kappa shape index (κ2) is 6.61. The van der Waals surface area contributed by atoms with Crippen LogP contribution >= 0.6 is 15.9 Å². The molecule has 1 heterocycles. The van der Waals surface area contributed by atoms with E-state index in [4.69, 9.17) is 0 Å². The molecule has 0 amide bonds. The van der Waals surface area contributed by atoms with Crippen molar-refractivity contribution >= 4 is 15.9 Å². The normalized spacial score (nSPS) is 10.6. The Balaban J connectivity index is 1.80. The van der Waals surface area contributed by atoms with Crippen LogP contribution in [0, 0.1) is 5.82 Å². The molecular weight excluding hydrogens is 295 g/mol. The fraction of sp³-hybridized carbons (Fsp3) is 0.214. The molecule has 18 heavy (non-hydrogen) atoms. The molecule has 0 aliphatic heterocycles. The van der Waals surface area contributed by atoms with Crippen molar-refractivity contribution in [1.29, 1.82) is 0 Å². The number of benzene rings is 1. The average Bonchev–Trinajstić information content (AvgIpc) is 2.40. The predicted octanol–water partition coefficient (Wildman–Crippen LogP) is 3.32. The molecule has 1 aromatic carbocycles. The van der Waals surface area contributed by atoms with E-state index in [0.29, 0.717) is 12.1 Å². The third-order valence-corrected chi connectivity index (χ3v) is 3.10. The van der Waals surface area contributed by atoms with E-state index in [1.54, 1.807) is 18.3 Å². The molecule has 0 unspecified atom stereocenters. The third-order valence-electron chi connectivity index (χ3n) is 2.61. The molecule has 0 bridgehead atoms. The highest BCUT2D eigenvalue weighted by Crippen LogP contribution is 2.15. The van der Waals surface area contributed by atoms with E-state index in [-0.39, 0.29) is 5.82 Å². The van der Waals surface area contributed by atoms with Gasteiger partial charge in [-0.2, -0.15) is 0 Å². The minimum Gasteiger partial charge on any atom is -0.312 e. The molecule has 0 radical (unpaired) electrons. The highest BCUT2D eigenvalue weighted by Gasteiger charge is 2.02. The van der Waals surface area contributed by atoms with Crippen molar-refractivity contribution in [1.82, 2.24) is 10.3 Å². The summed E-state index contributed by atoms with van der Waals surface area (Å²) in [6.45, 7) is 1.31. The molecular formula is C14H14BrFN2. The Kier molecular flexibility index (Phi) is 4.84. The van der Waals surface area contributed by atoms with Gasteiger partial charge in [0.15, 0.2) is 0 Å². The van der Waals surface area contributed by atoms with Crippen LogP contribution in [0.3, 0.4) is 0 Å². The third kappa shape index (κ3) is 3.89. The molecule has 0 saturated heterocycles. The van der Waals surface area contributed by atoms with Crippen molar-refractivity contribution in [3.8, 4) is 0 Å². The molecule has 0 aliphatic carbocycles. The molecule has 0 aliphatic rings. The van der Waals surface area contributed by atoms with E-state index in [1.165, 1.54) is 6.07 Å². The molecule has 1 N–H and O–H groups in total. The van der Waals surface area contributed by atoms with Crippen LogP contribution < -0.4 is 5.32 Å². The summed E-state index contributed by atoms with van der Waals surface area (Å²) in [7, 11) is 0. The molecule has 2 aromatic rings. The van der Waals surface area contributed by atoms with Crippen LogP contribution in [0.15, 0.2) is 47.1 Å². The average molecular weight is 309 g/mol. The van der Waals surface area contributed by atoms with E-state index >= 15 is 0 Å². The van der Waals surface area contributed by atoms with Gasteiger partial charge in [0.25, 0.3) is 0 Å². The van der Waals surface area contributed by atoms with Gasteiger partial charge in [0.2, 0.25) is 0 Å². The van der Waals surface area contributed by atoms with Crippen LogP contribution in [0.5, 0.6) is 0 Å². The number of halogens is 2. The van der Waals surface area contributed by atoms with E-state index < -0.39 is 0 Å². The molecule has 4 heteroatoms. The predicted molar refractivity (Wildman–Crippen MR) is 73.7 cm³/mol. The van der Waals surface area contributed by atoms with Gasteiger partial charge in [-0.3, -0.25) is 4.98 Å². The van der Waals surface area contributed by atoms with Gasteiger partial charge < -0.3 is 5.32 Å². The topological polar surface area (TPSA) is 24.9 Å². The minimum absolute atomic E-state index is 0.177. The Labute approximate surface area is 114 Å². The Bertz CT molecular complexity index is 502. The fourth-order valence-electron chi connectivity index (χ4n) is 1.66. The maximum Gasteiger partial charge on any atom is 0.127 e. The fourth-order valence-corrected chi connectivity index (χ4v) is 2.07. The summed E-state index contributed by atoms with van der Waals surface area (Å²) in [5.74, 6) is -0.177. The number of hydrogen-bond acceptors (Lipinski definition) is 2. The molecule has 0 spiro atoms. The lowest BCUT2D eigenvalue weighted by atomic mass is 10.2. The highest BCUT2D eigenvalue weighted by atomic mass is 79.9. The first-order valence-corrected chi connectivity index (χ1v) is 6.59. The maximum atomic E-state index is 13.4. The first-order chi connectivity index (χ1) is 8.75. The first kappa shape index (κ1) is 13.2. The van der Waals surface area contributed by atoms with Crippen LogP contribution in [0.4, 0.5) is 4.39 Å². The van der Waals surface area contributed by atoms with Crippen LogP contribution in [0.2, 0.25) is 0 Å². The SMILES string of the molecule is Fc1ccc(Br)cc1CNCCc1ccccn1. The molecule has 0 fully saturated rings. The van der Waals surface area contributed by atoms with Crippen molar-refractivity contribution in [2.75, 3.05) is 6.54 Å². The van der Waals surface area contributed by atoms with Gasteiger partial charge in [-0.05, 0) is 30.3 Å². The molecule has 2 nitrogen and oxygen atoms in total. The van der Waals surface area contributed by atoms with Crippen molar-refractivity contribution in [3.05, 3.63) is 64.1 Å². The van der Waals surface area contributed by atoms with Gasteiger partial charge >= 0.3 is 0 Å². The van der Waals surface area contributed by atoms with Crippen molar-refractivity contribution in [2.45, 2.75) is 13.0 Å². The van der Waals surface area contributed by atoms with Crippen molar-refractivity contribution in [2.24, 2.45) is 0 Å². The van der Waals surface area contributed by atoms with Crippen LogP contribution in [0.25, 0.3) is 0 Å². The first-order valence-electron chi connectivity index (χ1n) is 5.80. The molecule has 1 aromatic heterocycles. The van der Waals surface area contributed by atoms with Gasteiger partial charge in [-0.25, -0.2) is 4.39 Å². The summed E-state index contributed by atoms with van der Waals surface area (Å²) < 4.78 is 14.3. The lowest BCUT2D eigenvalue weighted by molar-refractivity contribution is 0.587. The summed E-state index contributed by atoms with van der Waals surface area (Å²) in [5.41, 5.74) is 1.71. The highest BCUT2D eigenvalue weighted by molar-refractivity contribution is 9.10. The molecule has 0 atom stereocenters. The standard InChI is InChI=1S/C14H14BrFN2/c15-12-4-5-14(16)11(9-12)10-17-8-6-13-3-1-2-7-18-13/h1-5,7,9,17H,6,8,10H2. The summed E-state index contributed by atoms with van der Waals surface area (Å²) >= 11 is 3.34. The Morgan fingerprint density at radius 1 is 1.22 bits per heavy atom. The lowest BCUT2D eigenvalue weighted by Crippen LogP contribution is -2.17. The second-order valence-corrected chi connectivity index (χ2v) is 4.90. The Morgan fingerprint density at radius 2 is 2.11 bits per heavy atom. The van der Waals surface area contributed by atoms with Gasteiger partial charge in [0, 0.05) is 41.4 Å². The number of aromatic nitrogens is 1. The Morgan fingerprint density at radius 3 is 2.89 bits per heavy atom. The van der Waals surface area contributed by atoms with Gasteiger partial charge in [0.05, 0.1) is 0 Å². The van der Waals surface area contributed by atoms with Crippen molar-refractivity contribution in [3.63, 3.8) is 0 Å². The van der Waals surface area contributed by atoms with Gasteiger partial charge in [0.1, 0.15) is 5.82 Å². The summed E-state index contributed by atoms with van der Waals surface area (Å²) in [6, 6.07) is 10.8.